The number of rotatable bonds is 0. The van der Waals surface area contributed by atoms with E-state index in [-0.39, 0.29) is 6.03 Å². The van der Waals surface area contributed by atoms with Crippen LogP contribution in [0, 0.1) is 0 Å². The molecule has 70 valence electrons. The van der Waals surface area contributed by atoms with Gasteiger partial charge in [0.1, 0.15) is 0 Å². The van der Waals surface area contributed by atoms with Gasteiger partial charge in [-0.05, 0) is 12.8 Å². The van der Waals surface area contributed by atoms with Crippen LogP contribution < -0.4 is 0 Å². The van der Waals surface area contributed by atoms with Gasteiger partial charge in [0.2, 0.25) is 0 Å². The third kappa shape index (κ3) is 1.67. The van der Waals surface area contributed by atoms with Gasteiger partial charge in [-0.25, -0.2) is 4.79 Å². The van der Waals surface area contributed by atoms with Gasteiger partial charge < -0.3 is 4.90 Å². The average molecular weight is 200 g/mol. The van der Waals surface area contributed by atoms with E-state index < -0.39 is 0 Å². The van der Waals surface area contributed by atoms with Crippen LogP contribution in [-0.2, 0) is 0 Å². The molecule has 0 saturated carbocycles. The minimum Gasteiger partial charge on any atom is -0.323 e. The van der Waals surface area contributed by atoms with Crippen LogP contribution in [0.25, 0.3) is 0 Å². The monoisotopic (exact) mass is 199 g/mol. The number of aromatic nitrogens is 2. The molecule has 0 unspecified atom stereocenters. The first kappa shape index (κ1) is 8.56. The van der Waals surface area contributed by atoms with Crippen LogP contribution in [0.5, 0.6) is 0 Å². The number of halogens is 1. The number of hydrogen-bond donors (Lipinski definition) is 0. The van der Waals surface area contributed by atoms with Crippen LogP contribution >= 0.6 is 11.6 Å². The van der Waals surface area contributed by atoms with Crippen molar-refractivity contribution in [2.75, 3.05) is 13.1 Å². The van der Waals surface area contributed by atoms with Crippen LogP contribution in [0.1, 0.15) is 12.8 Å². The van der Waals surface area contributed by atoms with E-state index in [1.165, 1.54) is 17.1 Å². The fourth-order valence-corrected chi connectivity index (χ4v) is 1.59. The topological polar surface area (TPSA) is 38.1 Å². The van der Waals surface area contributed by atoms with E-state index in [1.54, 1.807) is 4.90 Å². The van der Waals surface area contributed by atoms with Crippen LogP contribution in [0.3, 0.4) is 0 Å². The van der Waals surface area contributed by atoms with Crippen LogP contribution in [0.4, 0.5) is 4.79 Å². The SMILES string of the molecule is O=C(N1CCCC1)n1cc(Cl)cn1. The summed E-state index contributed by atoms with van der Waals surface area (Å²) in [5.74, 6) is 0. The zero-order valence-electron chi connectivity index (χ0n) is 7.11. The summed E-state index contributed by atoms with van der Waals surface area (Å²) in [5, 5.41) is 4.35. The van der Waals surface area contributed by atoms with Gasteiger partial charge in [-0.2, -0.15) is 9.78 Å². The second kappa shape index (κ2) is 3.38. The molecule has 5 heteroatoms. The first-order valence-corrected chi connectivity index (χ1v) is 4.64. The summed E-state index contributed by atoms with van der Waals surface area (Å²) in [5.41, 5.74) is 0. The molecule has 0 bridgehead atoms. The third-order valence-electron chi connectivity index (χ3n) is 2.12. The molecule has 0 N–H and O–H groups in total. The maximum atomic E-state index is 11.6. The van der Waals surface area contributed by atoms with Crippen molar-refractivity contribution in [2.24, 2.45) is 0 Å². The predicted octanol–water partition coefficient (Wildman–Crippen LogP) is 1.60. The normalized spacial score (nSPS) is 16.5. The Bertz CT molecular complexity index is 317. The van der Waals surface area contributed by atoms with E-state index in [0.717, 1.165) is 25.9 Å². The molecule has 1 aliphatic heterocycles. The van der Waals surface area contributed by atoms with Crippen LogP contribution in [-0.4, -0.2) is 33.8 Å². The van der Waals surface area contributed by atoms with E-state index in [9.17, 15) is 4.79 Å². The second-order valence-electron chi connectivity index (χ2n) is 3.08. The van der Waals surface area contributed by atoms with Gasteiger partial charge in [-0.1, -0.05) is 11.6 Å². The molecule has 2 heterocycles. The molecule has 1 amide bonds. The Morgan fingerprint density at radius 3 is 2.69 bits per heavy atom. The summed E-state index contributed by atoms with van der Waals surface area (Å²) in [4.78, 5) is 13.4. The van der Waals surface area contributed by atoms with Crippen molar-refractivity contribution in [1.82, 2.24) is 14.7 Å². The molecule has 2 rings (SSSR count). The zero-order chi connectivity index (χ0) is 9.26. The minimum atomic E-state index is -0.0793. The molecule has 4 nitrogen and oxygen atoms in total. The maximum absolute atomic E-state index is 11.6. The van der Waals surface area contributed by atoms with E-state index in [4.69, 9.17) is 11.6 Å². The summed E-state index contributed by atoms with van der Waals surface area (Å²) < 4.78 is 1.29. The lowest BCUT2D eigenvalue weighted by Gasteiger charge is -2.13. The highest BCUT2D eigenvalue weighted by Gasteiger charge is 2.19. The summed E-state index contributed by atoms with van der Waals surface area (Å²) >= 11 is 5.66. The molecule has 1 fully saturated rings. The second-order valence-corrected chi connectivity index (χ2v) is 3.52. The Hall–Kier alpha value is -1.03. The molecule has 0 aromatic carbocycles. The fraction of sp³-hybridized carbons (Fsp3) is 0.500. The predicted molar refractivity (Wildman–Crippen MR) is 48.8 cm³/mol. The molecule has 1 aromatic heterocycles. The maximum Gasteiger partial charge on any atom is 0.344 e. The Balaban J connectivity index is 2.12. The number of amides is 1. The Morgan fingerprint density at radius 1 is 1.46 bits per heavy atom. The van der Waals surface area contributed by atoms with Gasteiger partial charge in [-0.3, -0.25) is 0 Å². The smallest absolute Gasteiger partial charge is 0.323 e. The summed E-state index contributed by atoms with van der Waals surface area (Å²) in [7, 11) is 0. The van der Waals surface area contributed by atoms with Crippen LogP contribution in [0.2, 0.25) is 5.02 Å². The Kier molecular flexibility index (Phi) is 2.22. The molecule has 0 atom stereocenters. The summed E-state index contributed by atoms with van der Waals surface area (Å²) in [6.45, 7) is 1.66. The van der Waals surface area contributed by atoms with Crippen molar-refractivity contribution < 1.29 is 4.79 Å². The van der Waals surface area contributed by atoms with E-state index >= 15 is 0 Å². The van der Waals surface area contributed by atoms with Crippen molar-refractivity contribution in [3.05, 3.63) is 17.4 Å². The molecular weight excluding hydrogens is 190 g/mol. The molecular formula is C8H10ClN3O. The van der Waals surface area contributed by atoms with Crippen molar-refractivity contribution in [1.29, 1.82) is 0 Å². The van der Waals surface area contributed by atoms with Crippen molar-refractivity contribution >= 4 is 17.6 Å². The first-order valence-electron chi connectivity index (χ1n) is 4.27. The lowest BCUT2D eigenvalue weighted by atomic mass is 10.4. The number of likely N-dealkylation sites (tertiary alicyclic amines) is 1. The molecule has 13 heavy (non-hydrogen) atoms. The van der Waals surface area contributed by atoms with Crippen molar-refractivity contribution in [3.63, 3.8) is 0 Å². The molecule has 1 aliphatic rings. The standard InChI is InChI=1S/C8H10ClN3O/c9-7-5-10-12(6-7)8(13)11-3-1-2-4-11/h5-6H,1-4H2. The molecule has 0 spiro atoms. The molecule has 0 aliphatic carbocycles. The van der Waals surface area contributed by atoms with Crippen molar-refractivity contribution in [2.45, 2.75) is 12.8 Å². The van der Waals surface area contributed by atoms with Gasteiger partial charge in [0.25, 0.3) is 0 Å². The van der Waals surface area contributed by atoms with E-state index in [1.807, 2.05) is 0 Å². The van der Waals surface area contributed by atoms with Crippen molar-refractivity contribution in [3.8, 4) is 0 Å². The quantitative estimate of drug-likeness (QED) is 0.637. The number of carbonyl (C=O) groups excluding carboxylic acids is 1. The Morgan fingerprint density at radius 2 is 2.15 bits per heavy atom. The average Bonchev–Trinajstić information content (AvgIpc) is 2.72. The van der Waals surface area contributed by atoms with Gasteiger partial charge in [-0.15, -0.1) is 0 Å². The molecule has 0 radical (unpaired) electrons. The molecule has 1 aromatic rings. The van der Waals surface area contributed by atoms with Crippen LogP contribution in [0.15, 0.2) is 12.4 Å². The van der Waals surface area contributed by atoms with Gasteiger partial charge in [0.05, 0.1) is 17.4 Å². The number of nitrogens with zero attached hydrogens (tertiary/aromatic N) is 3. The zero-order valence-corrected chi connectivity index (χ0v) is 7.87. The highest BCUT2D eigenvalue weighted by Crippen LogP contribution is 2.11. The highest BCUT2D eigenvalue weighted by molar-refractivity contribution is 6.30. The van der Waals surface area contributed by atoms with E-state index in [0.29, 0.717) is 5.02 Å². The number of hydrogen-bond acceptors (Lipinski definition) is 2. The molecule has 1 saturated heterocycles. The van der Waals surface area contributed by atoms with Gasteiger partial charge >= 0.3 is 6.03 Å². The minimum absolute atomic E-state index is 0.0793. The first-order chi connectivity index (χ1) is 6.27. The Labute approximate surface area is 81.1 Å². The fourth-order valence-electron chi connectivity index (χ4n) is 1.46. The largest absolute Gasteiger partial charge is 0.344 e. The lowest BCUT2D eigenvalue weighted by Crippen LogP contribution is -2.32. The lowest BCUT2D eigenvalue weighted by molar-refractivity contribution is 0.207. The van der Waals surface area contributed by atoms with Gasteiger partial charge in [0.15, 0.2) is 0 Å². The number of carbonyl (C=O) groups is 1. The van der Waals surface area contributed by atoms with Gasteiger partial charge in [0, 0.05) is 13.1 Å². The summed E-state index contributed by atoms with van der Waals surface area (Å²) in [6.07, 6.45) is 5.17. The summed E-state index contributed by atoms with van der Waals surface area (Å²) in [6, 6.07) is -0.0793. The highest BCUT2D eigenvalue weighted by atomic mass is 35.5. The third-order valence-corrected chi connectivity index (χ3v) is 2.32. The van der Waals surface area contributed by atoms with E-state index in [2.05, 4.69) is 5.10 Å².